The van der Waals surface area contributed by atoms with Crippen LogP contribution in [0.25, 0.3) is 21.7 Å². The molecule has 43 heavy (non-hydrogen) atoms. The van der Waals surface area contributed by atoms with Crippen LogP contribution in [0.3, 0.4) is 0 Å². The molecule has 0 bridgehead atoms. The molecule has 3 amide bonds. The van der Waals surface area contributed by atoms with Gasteiger partial charge in [-0.05, 0) is 73.5 Å². The Morgan fingerprint density at radius 3 is 2.44 bits per heavy atom. The van der Waals surface area contributed by atoms with Gasteiger partial charge < -0.3 is 26.7 Å². The lowest BCUT2D eigenvalue weighted by atomic mass is 9.91. The van der Waals surface area contributed by atoms with Crippen LogP contribution >= 0.6 is 0 Å². The SMILES string of the molecule is CNC(=O)CC[C@H](CCCCN)NC(=O)[C@@H](Cc1c[nH]c2ccccc12)C[C@@H](C)NC(=O)Cc1ccc2ccccc2c1. The van der Waals surface area contributed by atoms with Gasteiger partial charge in [0.15, 0.2) is 0 Å². The second kappa shape index (κ2) is 15.9. The van der Waals surface area contributed by atoms with Crippen molar-refractivity contribution in [1.82, 2.24) is 20.9 Å². The topological polar surface area (TPSA) is 129 Å². The van der Waals surface area contributed by atoms with Crippen molar-refractivity contribution in [3.8, 4) is 0 Å². The monoisotopic (exact) mass is 583 g/mol. The van der Waals surface area contributed by atoms with Crippen LogP contribution in [-0.4, -0.2) is 48.4 Å². The molecule has 0 aliphatic rings. The molecular weight excluding hydrogens is 538 g/mol. The van der Waals surface area contributed by atoms with Gasteiger partial charge in [-0.1, -0.05) is 67.1 Å². The van der Waals surface area contributed by atoms with E-state index in [9.17, 15) is 14.4 Å². The fraction of sp³-hybridized carbons (Fsp3) is 0.400. The molecular formula is C35H45N5O3. The Balaban J connectivity index is 1.45. The summed E-state index contributed by atoms with van der Waals surface area (Å²) in [6.07, 6.45) is 6.68. The number of aromatic amines is 1. The van der Waals surface area contributed by atoms with Crippen LogP contribution < -0.4 is 21.7 Å². The minimum atomic E-state index is -0.368. The number of hydrogen-bond acceptors (Lipinski definition) is 4. The lowest BCUT2D eigenvalue weighted by Crippen LogP contribution is -2.43. The Labute approximate surface area is 254 Å². The van der Waals surface area contributed by atoms with Crippen molar-refractivity contribution >= 4 is 39.4 Å². The first-order valence-electron chi connectivity index (χ1n) is 15.4. The van der Waals surface area contributed by atoms with Gasteiger partial charge in [0, 0.05) is 48.6 Å². The number of H-pyrrole nitrogens is 1. The highest BCUT2D eigenvalue weighted by Crippen LogP contribution is 2.24. The first kappa shape index (κ1) is 31.8. The minimum Gasteiger partial charge on any atom is -0.361 e. The fourth-order valence-corrected chi connectivity index (χ4v) is 5.77. The predicted octanol–water partition coefficient (Wildman–Crippen LogP) is 4.76. The molecule has 8 nitrogen and oxygen atoms in total. The predicted molar refractivity (Wildman–Crippen MR) is 174 cm³/mol. The number of unbranched alkanes of at least 4 members (excludes halogenated alkanes) is 1. The summed E-state index contributed by atoms with van der Waals surface area (Å²) < 4.78 is 0. The van der Waals surface area contributed by atoms with Crippen LogP contribution in [0.15, 0.2) is 72.9 Å². The van der Waals surface area contributed by atoms with E-state index in [-0.39, 0.29) is 42.1 Å². The summed E-state index contributed by atoms with van der Waals surface area (Å²) in [4.78, 5) is 42.2. The number of amides is 3. The smallest absolute Gasteiger partial charge is 0.224 e. The third-order valence-corrected chi connectivity index (χ3v) is 8.09. The van der Waals surface area contributed by atoms with Gasteiger partial charge in [0.05, 0.1) is 6.42 Å². The van der Waals surface area contributed by atoms with E-state index in [1.807, 2.05) is 61.7 Å². The third kappa shape index (κ3) is 9.41. The van der Waals surface area contributed by atoms with Crippen molar-refractivity contribution in [3.63, 3.8) is 0 Å². The highest BCUT2D eigenvalue weighted by Gasteiger charge is 2.26. The molecule has 3 atom stereocenters. The van der Waals surface area contributed by atoms with Gasteiger partial charge >= 0.3 is 0 Å². The van der Waals surface area contributed by atoms with Gasteiger partial charge in [0.1, 0.15) is 0 Å². The number of fused-ring (bicyclic) bond motifs is 2. The van der Waals surface area contributed by atoms with E-state index in [0.717, 1.165) is 52.1 Å². The van der Waals surface area contributed by atoms with E-state index in [4.69, 9.17) is 5.73 Å². The summed E-state index contributed by atoms with van der Waals surface area (Å²) in [7, 11) is 1.62. The molecule has 0 saturated heterocycles. The standard InChI is InChI=1S/C35H45N5O3/c1-24(39-34(42)21-25-14-15-26-9-3-4-10-27(26)20-25)19-28(22-29-23-38-32-13-6-5-12-31(29)32)35(43)40-30(11-7-8-18-36)16-17-33(41)37-2/h3-6,9-10,12-15,20,23-24,28,30,38H,7-8,11,16-19,21-22,36H2,1-2H3,(H,37,41)(H,39,42)(H,40,43)/t24-,28-,30+/m1/s1. The van der Waals surface area contributed by atoms with Gasteiger partial charge in [-0.15, -0.1) is 0 Å². The molecule has 0 aliphatic carbocycles. The summed E-state index contributed by atoms with van der Waals surface area (Å²) in [6.45, 7) is 2.55. The number of hydrogen-bond donors (Lipinski definition) is 5. The zero-order chi connectivity index (χ0) is 30.6. The maximum absolute atomic E-state index is 13.8. The fourth-order valence-electron chi connectivity index (χ4n) is 5.77. The molecule has 1 heterocycles. The molecule has 0 unspecified atom stereocenters. The minimum absolute atomic E-state index is 0.0452. The maximum atomic E-state index is 13.8. The summed E-state index contributed by atoms with van der Waals surface area (Å²) in [5, 5.41) is 12.4. The Hall–Kier alpha value is -4.17. The Morgan fingerprint density at radius 1 is 0.884 bits per heavy atom. The van der Waals surface area contributed by atoms with Crippen molar-refractivity contribution in [2.45, 2.75) is 70.4 Å². The average Bonchev–Trinajstić information content (AvgIpc) is 3.41. The quantitative estimate of drug-likeness (QED) is 0.122. The number of rotatable bonds is 16. The van der Waals surface area contributed by atoms with Crippen molar-refractivity contribution in [2.75, 3.05) is 13.6 Å². The highest BCUT2D eigenvalue weighted by molar-refractivity contribution is 5.86. The van der Waals surface area contributed by atoms with Gasteiger partial charge in [-0.3, -0.25) is 14.4 Å². The van der Waals surface area contributed by atoms with Crippen molar-refractivity contribution in [1.29, 1.82) is 0 Å². The highest BCUT2D eigenvalue weighted by atomic mass is 16.2. The normalized spacial score (nSPS) is 13.4. The molecule has 0 aliphatic heterocycles. The van der Waals surface area contributed by atoms with Crippen LogP contribution in [0.2, 0.25) is 0 Å². The second-order valence-corrected chi connectivity index (χ2v) is 11.5. The van der Waals surface area contributed by atoms with Gasteiger partial charge in [0.25, 0.3) is 0 Å². The number of nitrogens with two attached hydrogens (primary N) is 1. The number of benzene rings is 3. The Kier molecular flexibility index (Phi) is 11.7. The molecule has 0 radical (unpaired) electrons. The lowest BCUT2D eigenvalue weighted by molar-refractivity contribution is -0.127. The van der Waals surface area contributed by atoms with E-state index in [2.05, 4.69) is 39.1 Å². The maximum Gasteiger partial charge on any atom is 0.224 e. The molecule has 3 aromatic carbocycles. The number of carbonyl (C=O) groups excluding carboxylic acids is 3. The number of carbonyl (C=O) groups is 3. The first-order chi connectivity index (χ1) is 20.9. The van der Waals surface area contributed by atoms with Crippen LogP contribution in [0.5, 0.6) is 0 Å². The van der Waals surface area contributed by atoms with E-state index < -0.39 is 0 Å². The number of para-hydroxylation sites is 1. The van der Waals surface area contributed by atoms with Crippen LogP contribution in [0.4, 0.5) is 0 Å². The number of aromatic nitrogens is 1. The third-order valence-electron chi connectivity index (χ3n) is 8.09. The van der Waals surface area contributed by atoms with E-state index in [0.29, 0.717) is 32.2 Å². The molecule has 0 spiro atoms. The van der Waals surface area contributed by atoms with E-state index in [1.165, 1.54) is 0 Å². The molecule has 8 heteroatoms. The molecule has 6 N–H and O–H groups in total. The molecule has 4 aromatic rings. The summed E-state index contributed by atoms with van der Waals surface area (Å²) in [5.74, 6) is -0.543. The molecule has 228 valence electrons. The zero-order valence-electron chi connectivity index (χ0n) is 25.3. The van der Waals surface area contributed by atoms with E-state index in [1.54, 1.807) is 7.05 Å². The van der Waals surface area contributed by atoms with Crippen LogP contribution in [0, 0.1) is 5.92 Å². The van der Waals surface area contributed by atoms with Crippen LogP contribution in [-0.2, 0) is 27.2 Å². The lowest BCUT2D eigenvalue weighted by Gasteiger charge is -2.25. The molecule has 0 saturated carbocycles. The van der Waals surface area contributed by atoms with Crippen molar-refractivity contribution in [3.05, 3.63) is 84.1 Å². The summed E-state index contributed by atoms with van der Waals surface area (Å²) >= 11 is 0. The Morgan fingerprint density at radius 2 is 1.65 bits per heavy atom. The van der Waals surface area contributed by atoms with Crippen molar-refractivity contribution < 1.29 is 14.4 Å². The van der Waals surface area contributed by atoms with Gasteiger partial charge in [-0.2, -0.15) is 0 Å². The molecule has 0 fully saturated rings. The zero-order valence-corrected chi connectivity index (χ0v) is 25.3. The van der Waals surface area contributed by atoms with Crippen molar-refractivity contribution in [2.24, 2.45) is 11.7 Å². The van der Waals surface area contributed by atoms with Gasteiger partial charge in [0.2, 0.25) is 17.7 Å². The second-order valence-electron chi connectivity index (χ2n) is 11.5. The summed E-state index contributed by atoms with van der Waals surface area (Å²) in [6, 6.07) is 21.9. The summed E-state index contributed by atoms with van der Waals surface area (Å²) in [5.41, 5.74) is 8.75. The largest absolute Gasteiger partial charge is 0.361 e. The van der Waals surface area contributed by atoms with Crippen LogP contribution in [0.1, 0.15) is 56.6 Å². The van der Waals surface area contributed by atoms with E-state index >= 15 is 0 Å². The first-order valence-corrected chi connectivity index (χ1v) is 15.4. The van der Waals surface area contributed by atoms with Gasteiger partial charge in [-0.25, -0.2) is 0 Å². The number of nitrogens with one attached hydrogen (secondary N) is 4. The Bertz CT molecular complexity index is 1510. The average molecular weight is 584 g/mol. The molecule has 4 rings (SSSR count). The molecule has 1 aromatic heterocycles.